The summed E-state index contributed by atoms with van der Waals surface area (Å²) >= 11 is 0. The Kier molecular flexibility index (Phi) is 2.93. The summed E-state index contributed by atoms with van der Waals surface area (Å²) in [5.74, 6) is 0.592. The van der Waals surface area contributed by atoms with Crippen LogP contribution in [0.3, 0.4) is 0 Å². The highest BCUT2D eigenvalue weighted by Crippen LogP contribution is 2.13. The number of allylic oxidation sites excluding steroid dienone is 1. The lowest BCUT2D eigenvalue weighted by atomic mass is 10.2. The fourth-order valence-electron chi connectivity index (χ4n) is 0.819. The molecule has 0 bridgehead atoms. The number of hydrogen-bond donors (Lipinski definition) is 1. The van der Waals surface area contributed by atoms with E-state index in [1.807, 2.05) is 13.0 Å². The molecule has 0 spiro atoms. The van der Waals surface area contributed by atoms with Crippen molar-refractivity contribution in [2.75, 3.05) is 0 Å². The molecule has 0 aromatic carbocycles. The molecule has 0 aliphatic rings. The third-order valence-corrected chi connectivity index (χ3v) is 1.39. The summed E-state index contributed by atoms with van der Waals surface area (Å²) < 4.78 is 4.99. The van der Waals surface area contributed by atoms with Crippen molar-refractivity contribution in [1.29, 1.82) is 0 Å². The van der Waals surface area contributed by atoms with Gasteiger partial charge < -0.3 is 9.52 Å². The normalized spacial score (nSPS) is 14.0. The van der Waals surface area contributed by atoms with E-state index < -0.39 is 6.10 Å². The second kappa shape index (κ2) is 3.98. The van der Waals surface area contributed by atoms with Gasteiger partial charge in [-0.05, 0) is 18.6 Å². The number of furan rings is 1. The number of aliphatic hydroxyl groups excluding tert-OH is 1. The van der Waals surface area contributed by atoms with Gasteiger partial charge in [-0.2, -0.15) is 0 Å². The van der Waals surface area contributed by atoms with Crippen LogP contribution in [0.4, 0.5) is 0 Å². The maximum absolute atomic E-state index is 9.36. The molecule has 2 nitrogen and oxygen atoms in total. The second-order valence-electron chi connectivity index (χ2n) is 2.30. The summed E-state index contributed by atoms with van der Waals surface area (Å²) in [6, 6.07) is 3.52. The zero-order valence-electron chi connectivity index (χ0n) is 6.53. The molecular formula is C9H12O2. The van der Waals surface area contributed by atoms with E-state index >= 15 is 0 Å². The first-order valence-corrected chi connectivity index (χ1v) is 3.72. The predicted octanol–water partition coefficient (Wildman–Crippen LogP) is 2.28. The van der Waals surface area contributed by atoms with E-state index in [9.17, 15) is 5.11 Å². The number of hydrogen-bond acceptors (Lipinski definition) is 2. The Morgan fingerprint density at radius 3 is 3.09 bits per heavy atom. The van der Waals surface area contributed by atoms with Crippen molar-refractivity contribution >= 4 is 0 Å². The van der Waals surface area contributed by atoms with E-state index in [1.54, 1.807) is 24.5 Å². The van der Waals surface area contributed by atoms with E-state index in [0.29, 0.717) is 5.76 Å². The van der Waals surface area contributed by atoms with Crippen LogP contribution in [0.2, 0.25) is 0 Å². The van der Waals surface area contributed by atoms with E-state index in [4.69, 9.17) is 4.42 Å². The quantitative estimate of drug-likeness (QED) is 0.674. The molecule has 0 radical (unpaired) electrons. The zero-order chi connectivity index (χ0) is 8.10. The Bertz CT molecular complexity index is 211. The fourth-order valence-corrected chi connectivity index (χ4v) is 0.819. The molecular weight excluding hydrogens is 140 g/mol. The zero-order valence-corrected chi connectivity index (χ0v) is 6.53. The van der Waals surface area contributed by atoms with E-state index in [-0.39, 0.29) is 0 Å². The van der Waals surface area contributed by atoms with Crippen molar-refractivity contribution in [3.8, 4) is 0 Å². The van der Waals surface area contributed by atoms with E-state index in [1.165, 1.54) is 0 Å². The molecule has 1 heterocycles. The Hall–Kier alpha value is -1.02. The van der Waals surface area contributed by atoms with Crippen molar-refractivity contribution in [3.63, 3.8) is 0 Å². The highest BCUT2D eigenvalue weighted by atomic mass is 16.4. The van der Waals surface area contributed by atoms with Crippen LogP contribution in [0, 0.1) is 0 Å². The average molecular weight is 152 g/mol. The smallest absolute Gasteiger partial charge is 0.136 e. The minimum absolute atomic E-state index is 0.592. The Morgan fingerprint density at radius 1 is 1.73 bits per heavy atom. The molecule has 0 amide bonds. The molecule has 2 heteroatoms. The molecule has 60 valence electrons. The minimum Gasteiger partial charge on any atom is -0.466 e. The molecule has 1 aromatic heterocycles. The molecule has 0 aliphatic carbocycles. The van der Waals surface area contributed by atoms with Gasteiger partial charge in [-0.25, -0.2) is 0 Å². The van der Waals surface area contributed by atoms with Gasteiger partial charge in [-0.1, -0.05) is 19.1 Å². The molecule has 0 saturated heterocycles. The molecule has 1 atom stereocenters. The maximum atomic E-state index is 9.36. The van der Waals surface area contributed by atoms with Crippen LogP contribution >= 0.6 is 0 Å². The first kappa shape index (κ1) is 8.08. The van der Waals surface area contributed by atoms with Crippen LogP contribution in [-0.2, 0) is 0 Å². The SMILES string of the molecule is CC/C=C\C(O)c1ccco1. The molecule has 1 aromatic rings. The van der Waals surface area contributed by atoms with Gasteiger partial charge in [0.1, 0.15) is 11.9 Å². The first-order valence-electron chi connectivity index (χ1n) is 3.72. The molecule has 11 heavy (non-hydrogen) atoms. The van der Waals surface area contributed by atoms with Gasteiger partial charge in [0.05, 0.1) is 6.26 Å². The molecule has 1 N–H and O–H groups in total. The highest BCUT2D eigenvalue weighted by Gasteiger charge is 2.03. The Labute approximate surface area is 66.2 Å². The molecule has 0 aliphatic heterocycles. The largest absolute Gasteiger partial charge is 0.466 e. The minimum atomic E-state index is -0.593. The van der Waals surface area contributed by atoms with Gasteiger partial charge in [0.2, 0.25) is 0 Å². The van der Waals surface area contributed by atoms with Crippen LogP contribution in [0.1, 0.15) is 25.2 Å². The van der Waals surface area contributed by atoms with Gasteiger partial charge in [0.25, 0.3) is 0 Å². The van der Waals surface area contributed by atoms with Crippen molar-refractivity contribution in [2.45, 2.75) is 19.4 Å². The second-order valence-corrected chi connectivity index (χ2v) is 2.30. The third kappa shape index (κ3) is 2.24. The summed E-state index contributed by atoms with van der Waals surface area (Å²) in [6.45, 7) is 2.02. The lowest BCUT2D eigenvalue weighted by Gasteiger charge is -1.98. The van der Waals surface area contributed by atoms with Crippen LogP contribution in [-0.4, -0.2) is 5.11 Å². The average Bonchev–Trinajstić information content (AvgIpc) is 2.52. The lowest BCUT2D eigenvalue weighted by molar-refractivity contribution is 0.197. The summed E-state index contributed by atoms with van der Waals surface area (Å²) in [5.41, 5.74) is 0. The molecule has 0 fully saturated rings. The van der Waals surface area contributed by atoms with Crippen LogP contribution < -0.4 is 0 Å². The number of rotatable bonds is 3. The van der Waals surface area contributed by atoms with Crippen LogP contribution in [0.15, 0.2) is 35.0 Å². The Balaban J connectivity index is 2.56. The fraction of sp³-hybridized carbons (Fsp3) is 0.333. The van der Waals surface area contributed by atoms with Crippen LogP contribution in [0.5, 0.6) is 0 Å². The Morgan fingerprint density at radius 2 is 2.55 bits per heavy atom. The summed E-state index contributed by atoms with van der Waals surface area (Å²) in [5, 5.41) is 9.36. The maximum Gasteiger partial charge on any atom is 0.136 e. The van der Waals surface area contributed by atoms with Crippen LogP contribution in [0.25, 0.3) is 0 Å². The standard InChI is InChI=1S/C9H12O2/c1-2-3-5-8(10)9-6-4-7-11-9/h3-8,10H,2H2,1H3/b5-3-. The monoisotopic (exact) mass is 152 g/mol. The van der Waals surface area contributed by atoms with E-state index in [0.717, 1.165) is 6.42 Å². The summed E-state index contributed by atoms with van der Waals surface area (Å²) in [7, 11) is 0. The molecule has 0 saturated carbocycles. The van der Waals surface area contributed by atoms with Crippen molar-refractivity contribution in [2.24, 2.45) is 0 Å². The van der Waals surface area contributed by atoms with Crippen molar-refractivity contribution < 1.29 is 9.52 Å². The van der Waals surface area contributed by atoms with Gasteiger partial charge >= 0.3 is 0 Å². The molecule has 1 rings (SSSR count). The van der Waals surface area contributed by atoms with Gasteiger partial charge in [-0.3, -0.25) is 0 Å². The first-order chi connectivity index (χ1) is 5.34. The summed E-state index contributed by atoms with van der Waals surface area (Å²) in [6.07, 6.45) is 5.52. The lowest BCUT2D eigenvalue weighted by Crippen LogP contribution is -1.88. The predicted molar refractivity (Wildman–Crippen MR) is 43.1 cm³/mol. The summed E-state index contributed by atoms with van der Waals surface area (Å²) in [4.78, 5) is 0. The van der Waals surface area contributed by atoms with Crippen molar-refractivity contribution in [1.82, 2.24) is 0 Å². The molecule has 1 unspecified atom stereocenters. The highest BCUT2D eigenvalue weighted by molar-refractivity contribution is 5.08. The van der Waals surface area contributed by atoms with Gasteiger partial charge in [-0.15, -0.1) is 0 Å². The third-order valence-electron chi connectivity index (χ3n) is 1.39. The topological polar surface area (TPSA) is 33.4 Å². The number of aliphatic hydroxyl groups is 1. The van der Waals surface area contributed by atoms with Gasteiger partial charge in [0, 0.05) is 0 Å². The van der Waals surface area contributed by atoms with Gasteiger partial charge in [0.15, 0.2) is 0 Å². The van der Waals surface area contributed by atoms with E-state index in [2.05, 4.69) is 0 Å². The van der Waals surface area contributed by atoms with Crippen molar-refractivity contribution in [3.05, 3.63) is 36.3 Å².